The van der Waals surface area contributed by atoms with Crippen LogP contribution in [0.15, 0.2) is 33.7 Å². The van der Waals surface area contributed by atoms with E-state index in [1.165, 1.54) is 23.9 Å². The van der Waals surface area contributed by atoms with Crippen molar-refractivity contribution in [1.82, 2.24) is 15.5 Å². The molecule has 0 aliphatic rings. The smallest absolute Gasteiger partial charge is 0.246 e. The van der Waals surface area contributed by atoms with E-state index in [2.05, 4.69) is 15.5 Å². The van der Waals surface area contributed by atoms with Gasteiger partial charge in [-0.15, -0.1) is 11.8 Å². The number of rotatable bonds is 6. The maximum absolute atomic E-state index is 13.1. The standard InChI is InChI=1S/C14H18FN3OS/c1-4-16-14(2,3)13-17-12(18-19-13)9-20-11-7-5-6-10(15)8-11/h5-8,16H,4,9H2,1-3H3. The van der Waals surface area contributed by atoms with Crippen LogP contribution < -0.4 is 5.32 Å². The van der Waals surface area contributed by atoms with Crippen LogP contribution in [-0.2, 0) is 11.3 Å². The Morgan fingerprint density at radius 1 is 1.40 bits per heavy atom. The summed E-state index contributed by atoms with van der Waals surface area (Å²) in [6.07, 6.45) is 0. The minimum atomic E-state index is -0.344. The van der Waals surface area contributed by atoms with Crippen LogP contribution in [0, 0.1) is 5.82 Å². The highest BCUT2D eigenvalue weighted by Gasteiger charge is 2.26. The largest absolute Gasteiger partial charge is 0.337 e. The van der Waals surface area contributed by atoms with Crippen molar-refractivity contribution in [3.05, 3.63) is 41.8 Å². The molecule has 0 unspecified atom stereocenters. The van der Waals surface area contributed by atoms with Crippen LogP contribution in [0.2, 0.25) is 0 Å². The van der Waals surface area contributed by atoms with E-state index in [1.807, 2.05) is 26.8 Å². The molecule has 1 heterocycles. The summed E-state index contributed by atoms with van der Waals surface area (Å²) in [5.41, 5.74) is -0.344. The van der Waals surface area contributed by atoms with Crippen molar-refractivity contribution >= 4 is 11.8 Å². The molecule has 0 saturated carbocycles. The third kappa shape index (κ3) is 3.80. The van der Waals surface area contributed by atoms with Gasteiger partial charge in [0.2, 0.25) is 5.89 Å². The predicted molar refractivity (Wildman–Crippen MR) is 77.0 cm³/mol. The lowest BCUT2D eigenvalue weighted by atomic mass is 10.1. The number of halogens is 1. The highest BCUT2D eigenvalue weighted by Crippen LogP contribution is 2.24. The monoisotopic (exact) mass is 295 g/mol. The number of aromatic nitrogens is 2. The van der Waals surface area contributed by atoms with Gasteiger partial charge in [-0.1, -0.05) is 18.1 Å². The fourth-order valence-electron chi connectivity index (χ4n) is 1.79. The van der Waals surface area contributed by atoms with Crippen LogP contribution in [0.4, 0.5) is 4.39 Å². The molecule has 1 N–H and O–H groups in total. The maximum Gasteiger partial charge on any atom is 0.246 e. The lowest BCUT2D eigenvalue weighted by molar-refractivity contribution is 0.271. The number of thioether (sulfide) groups is 1. The lowest BCUT2D eigenvalue weighted by Gasteiger charge is -2.20. The zero-order valence-electron chi connectivity index (χ0n) is 11.8. The molecule has 0 bridgehead atoms. The molecular formula is C14H18FN3OS. The average molecular weight is 295 g/mol. The molecule has 0 amide bonds. The molecule has 108 valence electrons. The van der Waals surface area contributed by atoms with Crippen LogP contribution in [0.5, 0.6) is 0 Å². The molecule has 0 spiro atoms. The zero-order chi connectivity index (χ0) is 14.6. The third-order valence-corrected chi connectivity index (χ3v) is 3.78. The Bertz CT molecular complexity index is 571. The van der Waals surface area contributed by atoms with E-state index < -0.39 is 0 Å². The van der Waals surface area contributed by atoms with Gasteiger partial charge in [0.25, 0.3) is 0 Å². The van der Waals surface area contributed by atoms with E-state index >= 15 is 0 Å². The summed E-state index contributed by atoms with van der Waals surface area (Å²) in [4.78, 5) is 5.23. The summed E-state index contributed by atoms with van der Waals surface area (Å²) in [5.74, 6) is 1.49. The Balaban J connectivity index is 2.00. The van der Waals surface area contributed by atoms with Gasteiger partial charge >= 0.3 is 0 Å². The molecule has 2 rings (SSSR count). The summed E-state index contributed by atoms with van der Waals surface area (Å²) in [6, 6.07) is 6.47. The van der Waals surface area contributed by atoms with Gasteiger partial charge < -0.3 is 9.84 Å². The molecule has 6 heteroatoms. The van der Waals surface area contributed by atoms with E-state index in [9.17, 15) is 4.39 Å². The second kappa shape index (κ2) is 6.37. The van der Waals surface area contributed by atoms with Gasteiger partial charge in [-0.2, -0.15) is 4.98 Å². The molecule has 0 aliphatic heterocycles. The summed E-state index contributed by atoms with van der Waals surface area (Å²) in [7, 11) is 0. The molecule has 0 aliphatic carbocycles. The molecule has 1 aromatic heterocycles. The molecule has 0 fully saturated rings. The highest BCUT2D eigenvalue weighted by molar-refractivity contribution is 7.98. The SMILES string of the molecule is CCNC(C)(C)c1nc(CSc2cccc(F)c2)no1. The van der Waals surface area contributed by atoms with Crippen LogP contribution in [0.1, 0.15) is 32.5 Å². The first kappa shape index (κ1) is 15.0. The van der Waals surface area contributed by atoms with Gasteiger partial charge in [0.05, 0.1) is 11.3 Å². The Hall–Kier alpha value is -1.40. The number of benzene rings is 1. The van der Waals surface area contributed by atoms with Crippen LogP contribution in [0.3, 0.4) is 0 Å². The Labute approximate surface area is 122 Å². The van der Waals surface area contributed by atoms with Gasteiger partial charge in [0.15, 0.2) is 5.82 Å². The Morgan fingerprint density at radius 3 is 2.90 bits per heavy atom. The molecule has 20 heavy (non-hydrogen) atoms. The van der Waals surface area contributed by atoms with Gasteiger partial charge in [0, 0.05) is 4.90 Å². The number of hydrogen-bond acceptors (Lipinski definition) is 5. The predicted octanol–water partition coefficient (Wildman–Crippen LogP) is 3.35. The molecule has 2 aromatic rings. The quantitative estimate of drug-likeness (QED) is 0.828. The second-order valence-corrected chi connectivity index (χ2v) is 5.97. The summed E-state index contributed by atoms with van der Waals surface area (Å²) < 4.78 is 18.3. The van der Waals surface area contributed by atoms with Crippen LogP contribution in [-0.4, -0.2) is 16.7 Å². The van der Waals surface area contributed by atoms with Crippen molar-refractivity contribution in [2.45, 2.75) is 37.0 Å². The fourth-order valence-corrected chi connectivity index (χ4v) is 2.57. The number of hydrogen-bond donors (Lipinski definition) is 1. The minimum Gasteiger partial charge on any atom is -0.337 e. The van der Waals surface area contributed by atoms with Crippen LogP contribution in [0.25, 0.3) is 0 Å². The van der Waals surface area contributed by atoms with Crippen molar-refractivity contribution in [1.29, 1.82) is 0 Å². The molecule has 0 saturated heterocycles. The van der Waals surface area contributed by atoms with Gasteiger partial charge in [-0.25, -0.2) is 4.39 Å². The highest BCUT2D eigenvalue weighted by atomic mass is 32.2. The molecule has 1 aromatic carbocycles. The maximum atomic E-state index is 13.1. The number of nitrogens with one attached hydrogen (secondary N) is 1. The molecule has 0 radical (unpaired) electrons. The first-order chi connectivity index (χ1) is 9.51. The first-order valence-electron chi connectivity index (χ1n) is 6.47. The normalized spacial score (nSPS) is 11.8. The zero-order valence-corrected chi connectivity index (χ0v) is 12.6. The van der Waals surface area contributed by atoms with Crippen molar-refractivity contribution in [3.63, 3.8) is 0 Å². The molecule has 0 atom stereocenters. The van der Waals surface area contributed by atoms with Gasteiger partial charge in [-0.05, 0) is 38.6 Å². The molecule has 4 nitrogen and oxygen atoms in total. The Kier molecular flexibility index (Phi) is 4.77. The Morgan fingerprint density at radius 2 is 2.20 bits per heavy atom. The third-order valence-electron chi connectivity index (χ3n) is 2.79. The van der Waals surface area contributed by atoms with E-state index in [4.69, 9.17) is 4.52 Å². The van der Waals surface area contributed by atoms with Crippen molar-refractivity contribution in [2.75, 3.05) is 6.54 Å². The van der Waals surface area contributed by atoms with Crippen molar-refractivity contribution in [2.24, 2.45) is 0 Å². The topological polar surface area (TPSA) is 51.0 Å². The van der Waals surface area contributed by atoms with E-state index in [0.29, 0.717) is 17.5 Å². The second-order valence-electron chi connectivity index (χ2n) is 4.92. The van der Waals surface area contributed by atoms with Crippen LogP contribution >= 0.6 is 11.8 Å². The van der Waals surface area contributed by atoms with Crippen molar-refractivity contribution < 1.29 is 8.91 Å². The fraction of sp³-hybridized carbons (Fsp3) is 0.429. The lowest BCUT2D eigenvalue weighted by Crippen LogP contribution is -2.36. The van der Waals surface area contributed by atoms with Crippen molar-refractivity contribution in [3.8, 4) is 0 Å². The van der Waals surface area contributed by atoms with E-state index in [0.717, 1.165) is 11.4 Å². The summed E-state index contributed by atoms with van der Waals surface area (Å²) in [5, 5.41) is 7.24. The van der Waals surface area contributed by atoms with Gasteiger partial charge in [-0.3, -0.25) is 0 Å². The van der Waals surface area contributed by atoms with Gasteiger partial charge in [0.1, 0.15) is 5.82 Å². The first-order valence-corrected chi connectivity index (χ1v) is 7.46. The van der Waals surface area contributed by atoms with E-state index in [1.54, 1.807) is 6.07 Å². The van der Waals surface area contributed by atoms with E-state index in [-0.39, 0.29) is 11.4 Å². The average Bonchev–Trinajstić information content (AvgIpc) is 2.86. The minimum absolute atomic E-state index is 0.239. The summed E-state index contributed by atoms with van der Waals surface area (Å²) >= 11 is 1.48. The molecular weight excluding hydrogens is 277 g/mol. The number of nitrogens with zero attached hydrogens (tertiary/aromatic N) is 2. The summed E-state index contributed by atoms with van der Waals surface area (Å²) in [6.45, 7) is 6.84.